The molecule has 2 aromatic heterocycles. The average Bonchev–Trinajstić information content (AvgIpc) is 2.60. The van der Waals surface area contributed by atoms with Gasteiger partial charge in [0.15, 0.2) is 5.65 Å². The van der Waals surface area contributed by atoms with Gasteiger partial charge in [-0.3, -0.25) is 9.59 Å². The number of unbranched alkanes of at least 4 members (excludes halogenated alkanes) is 2. The molecule has 2 rings (SSSR count). The lowest BCUT2D eigenvalue weighted by Crippen LogP contribution is -2.46. The first-order valence-electron chi connectivity index (χ1n) is 8.43. The van der Waals surface area contributed by atoms with Gasteiger partial charge >= 0.3 is 0 Å². The Kier molecular flexibility index (Phi) is 6.61. The summed E-state index contributed by atoms with van der Waals surface area (Å²) in [7, 11) is 0. The number of aromatic nitrogens is 2. The molecule has 0 unspecified atom stereocenters. The fourth-order valence-electron chi connectivity index (χ4n) is 2.48. The molecule has 5 nitrogen and oxygen atoms in total. The summed E-state index contributed by atoms with van der Waals surface area (Å²) in [5.41, 5.74) is 0.527. The van der Waals surface area contributed by atoms with E-state index in [1.54, 1.807) is 12.3 Å². The molecule has 2 aromatic rings. The van der Waals surface area contributed by atoms with Crippen molar-refractivity contribution >= 4 is 35.1 Å². The molecule has 0 bridgehead atoms. The van der Waals surface area contributed by atoms with Crippen LogP contribution in [0.2, 0.25) is 0 Å². The predicted molar refractivity (Wildman–Crippen MR) is 97.8 cm³/mol. The lowest BCUT2D eigenvalue weighted by molar-refractivity contribution is -0.129. The van der Waals surface area contributed by atoms with Crippen molar-refractivity contribution in [2.45, 2.75) is 52.4 Å². The Bertz CT molecular complexity index is 765. The van der Waals surface area contributed by atoms with Gasteiger partial charge in [-0.2, -0.15) is 5.01 Å². The Hall–Kier alpha value is -2.08. The summed E-state index contributed by atoms with van der Waals surface area (Å²) < 4.78 is 1.89. The molecule has 0 atom stereocenters. The average molecular weight is 345 g/mol. The second-order valence-electron chi connectivity index (χ2n) is 5.71. The number of nitrogens with zero attached hydrogens (tertiary/aromatic N) is 3. The molecule has 0 saturated heterocycles. The van der Waals surface area contributed by atoms with Crippen molar-refractivity contribution in [1.82, 2.24) is 9.66 Å². The standard InChI is InChI=1S/C18H23N3O2S/c1-3-5-9-15(22)20(16(23)10-6-4-2)21-17(24)12-11-14-8-7-13-19-18(14)21/h7-8,11-13H,3-6,9-10H2,1-2H3. The fourth-order valence-corrected chi connectivity index (χ4v) is 2.71. The molecule has 128 valence electrons. The number of carbonyl (C=O) groups excluding carboxylic acids is 2. The van der Waals surface area contributed by atoms with Crippen molar-refractivity contribution < 1.29 is 9.59 Å². The summed E-state index contributed by atoms with van der Waals surface area (Å²) in [5, 5.41) is 2.03. The molecule has 0 N–H and O–H groups in total. The molecular weight excluding hydrogens is 322 g/mol. The van der Waals surface area contributed by atoms with E-state index in [9.17, 15) is 9.59 Å². The van der Waals surface area contributed by atoms with E-state index in [4.69, 9.17) is 12.2 Å². The van der Waals surface area contributed by atoms with Gasteiger partial charge in [0.05, 0.1) is 0 Å². The van der Waals surface area contributed by atoms with Crippen LogP contribution in [0.4, 0.5) is 0 Å². The second-order valence-corrected chi connectivity index (χ2v) is 6.12. The van der Waals surface area contributed by atoms with E-state index in [-0.39, 0.29) is 11.8 Å². The highest BCUT2D eigenvalue weighted by Crippen LogP contribution is 2.15. The Morgan fingerprint density at radius 1 is 1.08 bits per heavy atom. The molecular formula is C18H23N3O2S. The highest BCUT2D eigenvalue weighted by atomic mass is 32.1. The summed E-state index contributed by atoms with van der Waals surface area (Å²) in [4.78, 5) is 29.8. The quantitative estimate of drug-likeness (QED) is 0.708. The van der Waals surface area contributed by atoms with Gasteiger partial charge in [-0.1, -0.05) is 38.9 Å². The third-order valence-corrected chi connectivity index (χ3v) is 4.10. The highest BCUT2D eigenvalue weighted by molar-refractivity contribution is 7.71. The van der Waals surface area contributed by atoms with Crippen LogP contribution in [0.1, 0.15) is 52.4 Å². The van der Waals surface area contributed by atoms with Crippen molar-refractivity contribution in [1.29, 1.82) is 0 Å². The van der Waals surface area contributed by atoms with Gasteiger partial charge in [-0.15, -0.1) is 0 Å². The summed E-state index contributed by atoms with van der Waals surface area (Å²) in [6, 6.07) is 7.29. The third-order valence-electron chi connectivity index (χ3n) is 3.79. The van der Waals surface area contributed by atoms with Crippen LogP contribution in [-0.4, -0.2) is 21.5 Å². The molecule has 0 aliphatic carbocycles. The zero-order valence-electron chi connectivity index (χ0n) is 14.2. The van der Waals surface area contributed by atoms with Crippen LogP contribution in [-0.2, 0) is 9.59 Å². The highest BCUT2D eigenvalue weighted by Gasteiger charge is 2.24. The largest absolute Gasteiger partial charge is 0.273 e. The predicted octanol–water partition coefficient (Wildman–Crippen LogP) is 4.14. The van der Waals surface area contributed by atoms with Gasteiger partial charge in [0.1, 0.15) is 4.64 Å². The Labute approximate surface area is 147 Å². The monoisotopic (exact) mass is 345 g/mol. The molecule has 2 amide bonds. The normalized spacial score (nSPS) is 10.8. The lowest BCUT2D eigenvalue weighted by atomic mass is 10.2. The van der Waals surface area contributed by atoms with E-state index >= 15 is 0 Å². The second kappa shape index (κ2) is 8.68. The Morgan fingerprint density at radius 2 is 1.71 bits per heavy atom. The molecule has 0 saturated carbocycles. The van der Waals surface area contributed by atoms with Crippen molar-refractivity contribution in [2.24, 2.45) is 0 Å². The van der Waals surface area contributed by atoms with Crippen LogP contribution in [0.3, 0.4) is 0 Å². The first kappa shape index (κ1) is 18.3. The van der Waals surface area contributed by atoms with Gasteiger partial charge in [0.25, 0.3) is 0 Å². The van der Waals surface area contributed by atoms with Gasteiger partial charge in [-0.05, 0) is 37.1 Å². The van der Waals surface area contributed by atoms with Crippen LogP contribution >= 0.6 is 12.2 Å². The van der Waals surface area contributed by atoms with Gasteiger partial charge < -0.3 is 0 Å². The summed E-state index contributed by atoms with van der Waals surface area (Å²) >= 11 is 5.40. The minimum atomic E-state index is -0.229. The smallest absolute Gasteiger partial charge is 0.248 e. The van der Waals surface area contributed by atoms with Crippen LogP contribution in [0.5, 0.6) is 0 Å². The lowest BCUT2D eigenvalue weighted by Gasteiger charge is -2.24. The number of hydrogen-bond donors (Lipinski definition) is 0. The van der Waals surface area contributed by atoms with E-state index in [0.717, 1.165) is 31.1 Å². The fraction of sp³-hybridized carbons (Fsp3) is 0.444. The third kappa shape index (κ3) is 4.06. The Morgan fingerprint density at radius 3 is 2.29 bits per heavy atom. The zero-order valence-corrected chi connectivity index (χ0v) is 15.0. The van der Waals surface area contributed by atoms with Crippen LogP contribution in [0, 0.1) is 4.64 Å². The molecule has 6 heteroatoms. The summed E-state index contributed by atoms with van der Waals surface area (Å²) in [6.45, 7) is 4.03. The number of imide groups is 1. The first-order chi connectivity index (χ1) is 11.6. The van der Waals surface area contributed by atoms with Gasteiger partial charge in [-0.25, -0.2) is 9.66 Å². The number of fused-ring (bicyclic) bond motifs is 1. The zero-order chi connectivity index (χ0) is 17.5. The maximum absolute atomic E-state index is 12.7. The molecule has 0 aliphatic heterocycles. The van der Waals surface area contributed by atoms with Crippen molar-refractivity contribution in [3.05, 3.63) is 35.1 Å². The van der Waals surface area contributed by atoms with E-state index in [2.05, 4.69) is 4.98 Å². The molecule has 0 fully saturated rings. The van der Waals surface area contributed by atoms with Crippen LogP contribution in [0.25, 0.3) is 11.0 Å². The SMILES string of the molecule is CCCCC(=O)N(C(=O)CCCC)n1c(=S)ccc2cccnc21. The number of carbonyl (C=O) groups is 2. The van der Waals surface area contributed by atoms with Crippen molar-refractivity contribution in [3.63, 3.8) is 0 Å². The van der Waals surface area contributed by atoms with Crippen LogP contribution < -0.4 is 5.01 Å². The van der Waals surface area contributed by atoms with E-state index in [0.29, 0.717) is 23.1 Å². The van der Waals surface area contributed by atoms with E-state index in [1.165, 1.54) is 9.69 Å². The first-order valence-corrected chi connectivity index (χ1v) is 8.83. The molecule has 0 radical (unpaired) electrons. The Balaban J connectivity index is 2.54. The number of hydrogen-bond acceptors (Lipinski definition) is 4. The molecule has 0 spiro atoms. The summed E-state index contributed by atoms with van der Waals surface area (Å²) in [6.07, 6.45) is 5.53. The molecule has 0 aromatic carbocycles. The van der Waals surface area contributed by atoms with Crippen molar-refractivity contribution in [3.8, 4) is 0 Å². The van der Waals surface area contributed by atoms with Gasteiger partial charge in [0, 0.05) is 24.4 Å². The molecule has 0 aliphatic rings. The maximum atomic E-state index is 12.7. The topological polar surface area (TPSA) is 55.2 Å². The van der Waals surface area contributed by atoms with E-state index in [1.807, 2.05) is 32.0 Å². The molecule has 2 heterocycles. The minimum Gasteiger partial charge on any atom is -0.273 e. The van der Waals surface area contributed by atoms with Crippen LogP contribution in [0.15, 0.2) is 30.5 Å². The van der Waals surface area contributed by atoms with Gasteiger partial charge in [0.2, 0.25) is 11.8 Å². The maximum Gasteiger partial charge on any atom is 0.248 e. The number of pyridine rings is 2. The number of amides is 2. The van der Waals surface area contributed by atoms with Crippen molar-refractivity contribution in [2.75, 3.05) is 5.01 Å². The minimum absolute atomic E-state index is 0.229. The number of rotatable bonds is 7. The summed E-state index contributed by atoms with van der Waals surface area (Å²) in [5.74, 6) is -0.459. The molecule has 24 heavy (non-hydrogen) atoms. The van der Waals surface area contributed by atoms with E-state index < -0.39 is 0 Å².